The van der Waals surface area contributed by atoms with Gasteiger partial charge in [-0.15, -0.1) is 0 Å². The molecular formula is C12H20N2O5. The van der Waals surface area contributed by atoms with Gasteiger partial charge < -0.3 is 20.1 Å². The minimum atomic E-state index is -0.886. The summed E-state index contributed by atoms with van der Waals surface area (Å²) in [5.74, 6) is -1.80. The molecule has 2 unspecified atom stereocenters. The van der Waals surface area contributed by atoms with Gasteiger partial charge in [0.1, 0.15) is 6.04 Å². The number of carbonyl (C=O) groups excluding carboxylic acids is 2. The molecule has 7 heteroatoms. The van der Waals surface area contributed by atoms with Crippen molar-refractivity contribution < 1.29 is 24.2 Å². The van der Waals surface area contributed by atoms with Gasteiger partial charge >= 0.3 is 18.0 Å². The molecule has 0 aromatic carbocycles. The van der Waals surface area contributed by atoms with Crippen LogP contribution in [0.3, 0.4) is 0 Å². The van der Waals surface area contributed by atoms with Crippen LogP contribution in [0.15, 0.2) is 0 Å². The highest BCUT2D eigenvalue weighted by molar-refractivity contribution is 5.84. The lowest BCUT2D eigenvalue weighted by molar-refractivity contribution is -0.145. The lowest BCUT2D eigenvalue weighted by Gasteiger charge is -2.23. The average Bonchev–Trinajstić information content (AvgIpc) is 2.86. The highest BCUT2D eigenvalue weighted by atomic mass is 16.5. The number of carbonyl (C=O) groups is 3. The summed E-state index contributed by atoms with van der Waals surface area (Å²) in [5, 5.41) is 11.4. The van der Waals surface area contributed by atoms with Crippen LogP contribution >= 0.6 is 0 Å². The third-order valence-corrected chi connectivity index (χ3v) is 3.26. The molecule has 1 rings (SSSR count). The predicted molar refractivity (Wildman–Crippen MR) is 66.6 cm³/mol. The molecule has 19 heavy (non-hydrogen) atoms. The summed E-state index contributed by atoms with van der Waals surface area (Å²) in [6, 6.07) is -0.868. The van der Waals surface area contributed by atoms with Crippen molar-refractivity contribution in [2.75, 3.05) is 20.2 Å². The molecular weight excluding hydrogens is 252 g/mol. The van der Waals surface area contributed by atoms with Gasteiger partial charge in [-0.25, -0.2) is 9.59 Å². The van der Waals surface area contributed by atoms with Crippen molar-refractivity contribution in [3.63, 3.8) is 0 Å². The van der Waals surface area contributed by atoms with Crippen molar-refractivity contribution in [3.8, 4) is 0 Å². The van der Waals surface area contributed by atoms with Gasteiger partial charge in [0.05, 0.1) is 13.0 Å². The van der Waals surface area contributed by atoms with E-state index in [4.69, 9.17) is 5.11 Å². The molecule has 1 saturated heterocycles. The van der Waals surface area contributed by atoms with E-state index in [1.807, 2.05) is 0 Å². The molecule has 2 amide bonds. The minimum Gasteiger partial charge on any atom is -0.481 e. The summed E-state index contributed by atoms with van der Waals surface area (Å²) < 4.78 is 4.65. The summed E-state index contributed by atoms with van der Waals surface area (Å²) in [7, 11) is 1.30. The Balaban J connectivity index is 2.40. The summed E-state index contributed by atoms with van der Waals surface area (Å²) >= 11 is 0. The van der Waals surface area contributed by atoms with E-state index < -0.39 is 23.9 Å². The summed E-state index contributed by atoms with van der Waals surface area (Å²) in [6.45, 7) is 2.37. The molecule has 1 aliphatic rings. The first-order valence-corrected chi connectivity index (χ1v) is 6.32. The standard InChI is InChI=1S/C12H20N2O5/c1-8(10(15)16)5-6-13-12(18)14-7-3-4-9(14)11(17)19-2/h8-9H,3-7H2,1-2H3,(H,13,18)(H,15,16). The maximum atomic E-state index is 11.9. The topological polar surface area (TPSA) is 95.9 Å². The fourth-order valence-corrected chi connectivity index (χ4v) is 2.01. The zero-order valence-electron chi connectivity index (χ0n) is 11.2. The number of likely N-dealkylation sites (tertiary alicyclic amines) is 1. The number of nitrogens with zero attached hydrogens (tertiary/aromatic N) is 1. The van der Waals surface area contributed by atoms with Gasteiger partial charge in [0.15, 0.2) is 0 Å². The van der Waals surface area contributed by atoms with Gasteiger partial charge in [-0.2, -0.15) is 0 Å². The Bertz CT molecular complexity index is 358. The van der Waals surface area contributed by atoms with Crippen LogP contribution in [0.4, 0.5) is 4.79 Å². The third-order valence-electron chi connectivity index (χ3n) is 3.26. The van der Waals surface area contributed by atoms with Gasteiger partial charge in [0, 0.05) is 13.1 Å². The number of esters is 1. The van der Waals surface area contributed by atoms with Gasteiger partial charge in [0.25, 0.3) is 0 Å². The van der Waals surface area contributed by atoms with Gasteiger partial charge in [-0.3, -0.25) is 4.79 Å². The Kier molecular flexibility index (Phi) is 5.59. The molecule has 0 saturated carbocycles. The molecule has 2 atom stereocenters. The number of aliphatic carboxylic acids is 1. The third kappa shape index (κ3) is 4.11. The normalized spacial score (nSPS) is 19.9. The number of amides is 2. The number of rotatable bonds is 5. The van der Waals surface area contributed by atoms with Gasteiger partial charge in [-0.05, 0) is 19.3 Å². The van der Waals surface area contributed by atoms with Crippen LogP contribution < -0.4 is 5.32 Å². The zero-order valence-corrected chi connectivity index (χ0v) is 11.2. The molecule has 108 valence electrons. The van der Waals surface area contributed by atoms with E-state index >= 15 is 0 Å². The Morgan fingerprint density at radius 2 is 2.16 bits per heavy atom. The molecule has 1 aliphatic heterocycles. The SMILES string of the molecule is COC(=O)C1CCCN1C(=O)NCCC(C)C(=O)O. The quantitative estimate of drug-likeness (QED) is 0.708. The van der Waals surface area contributed by atoms with E-state index in [0.717, 1.165) is 6.42 Å². The number of hydrogen-bond acceptors (Lipinski definition) is 4. The number of ether oxygens (including phenoxy) is 1. The van der Waals surface area contributed by atoms with Gasteiger partial charge in [-0.1, -0.05) is 6.92 Å². The number of urea groups is 1. The van der Waals surface area contributed by atoms with Crippen molar-refractivity contribution in [3.05, 3.63) is 0 Å². The molecule has 0 aromatic heterocycles. The molecule has 0 radical (unpaired) electrons. The molecule has 2 N–H and O–H groups in total. The van der Waals surface area contributed by atoms with Gasteiger partial charge in [0.2, 0.25) is 0 Å². The van der Waals surface area contributed by atoms with E-state index in [0.29, 0.717) is 19.4 Å². The summed E-state index contributed by atoms with van der Waals surface area (Å²) in [5.41, 5.74) is 0. The first-order valence-electron chi connectivity index (χ1n) is 6.32. The Labute approximate surface area is 111 Å². The monoisotopic (exact) mass is 272 g/mol. The highest BCUT2D eigenvalue weighted by Gasteiger charge is 2.34. The van der Waals surface area contributed by atoms with Crippen LogP contribution in [0.2, 0.25) is 0 Å². The maximum Gasteiger partial charge on any atom is 0.328 e. The largest absolute Gasteiger partial charge is 0.481 e. The number of hydrogen-bond donors (Lipinski definition) is 2. The van der Waals surface area contributed by atoms with Crippen LogP contribution in [0.25, 0.3) is 0 Å². The van der Waals surface area contributed by atoms with E-state index in [1.165, 1.54) is 12.0 Å². The second-order valence-electron chi connectivity index (χ2n) is 4.63. The number of carboxylic acids is 1. The van der Waals surface area contributed by atoms with Crippen molar-refractivity contribution in [1.82, 2.24) is 10.2 Å². The maximum absolute atomic E-state index is 11.9. The second kappa shape index (κ2) is 6.96. The lowest BCUT2D eigenvalue weighted by Crippen LogP contribution is -2.46. The lowest BCUT2D eigenvalue weighted by atomic mass is 10.1. The number of carboxylic acid groups (broad SMARTS) is 1. The molecule has 1 heterocycles. The highest BCUT2D eigenvalue weighted by Crippen LogP contribution is 2.18. The fraction of sp³-hybridized carbons (Fsp3) is 0.750. The Morgan fingerprint density at radius 1 is 1.47 bits per heavy atom. The molecule has 1 fully saturated rings. The Morgan fingerprint density at radius 3 is 2.74 bits per heavy atom. The molecule has 0 aliphatic carbocycles. The molecule has 7 nitrogen and oxygen atoms in total. The van der Waals surface area contributed by atoms with Crippen LogP contribution in [-0.4, -0.2) is 54.2 Å². The Hall–Kier alpha value is -1.79. The molecule has 0 aromatic rings. The predicted octanol–water partition coefficient (Wildman–Crippen LogP) is 0.444. The average molecular weight is 272 g/mol. The summed E-state index contributed by atoms with van der Waals surface area (Å²) in [6.07, 6.45) is 1.72. The summed E-state index contributed by atoms with van der Waals surface area (Å²) in [4.78, 5) is 35.4. The van der Waals surface area contributed by atoms with Crippen molar-refractivity contribution in [2.45, 2.75) is 32.2 Å². The van der Waals surface area contributed by atoms with E-state index in [-0.39, 0.29) is 12.6 Å². The van der Waals surface area contributed by atoms with E-state index in [2.05, 4.69) is 10.1 Å². The van der Waals surface area contributed by atoms with Crippen LogP contribution in [-0.2, 0) is 14.3 Å². The van der Waals surface area contributed by atoms with Crippen LogP contribution in [0.1, 0.15) is 26.2 Å². The van der Waals surface area contributed by atoms with Crippen LogP contribution in [0, 0.1) is 5.92 Å². The smallest absolute Gasteiger partial charge is 0.328 e. The van der Waals surface area contributed by atoms with Crippen molar-refractivity contribution >= 4 is 18.0 Å². The fourth-order valence-electron chi connectivity index (χ4n) is 2.01. The van der Waals surface area contributed by atoms with Crippen molar-refractivity contribution in [1.29, 1.82) is 0 Å². The van der Waals surface area contributed by atoms with E-state index in [9.17, 15) is 14.4 Å². The van der Waals surface area contributed by atoms with Crippen molar-refractivity contribution in [2.24, 2.45) is 5.92 Å². The zero-order chi connectivity index (χ0) is 14.4. The first-order chi connectivity index (χ1) is 8.97. The number of methoxy groups -OCH3 is 1. The first kappa shape index (κ1) is 15.3. The molecule has 0 spiro atoms. The number of nitrogens with one attached hydrogen (secondary N) is 1. The minimum absolute atomic E-state index is 0.274. The van der Waals surface area contributed by atoms with Crippen LogP contribution in [0.5, 0.6) is 0 Å². The second-order valence-corrected chi connectivity index (χ2v) is 4.63. The van der Waals surface area contributed by atoms with E-state index in [1.54, 1.807) is 6.92 Å². The molecule has 0 bridgehead atoms.